The van der Waals surface area contributed by atoms with Gasteiger partial charge in [-0.05, 0) is 36.4 Å². The molecule has 2 aromatic carbocycles. The van der Waals surface area contributed by atoms with E-state index in [1.165, 1.54) is 6.92 Å². The summed E-state index contributed by atoms with van der Waals surface area (Å²) in [6.07, 6.45) is 0. The lowest BCUT2D eigenvalue weighted by Crippen LogP contribution is -2.19. The van der Waals surface area contributed by atoms with Crippen LogP contribution in [0, 0.1) is 0 Å². The number of anilines is 3. The molecule has 0 saturated heterocycles. The van der Waals surface area contributed by atoms with E-state index in [4.69, 9.17) is 5.73 Å². The molecule has 2 aromatic rings. The first-order valence-corrected chi connectivity index (χ1v) is 6.79. The molecular formula is C16H16N4O3. The van der Waals surface area contributed by atoms with Crippen LogP contribution in [0.1, 0.15) is 17.3 Å². The quantitative estimate of drug-likeness (QED) is 0.695. The summed E-state index contributed by atoms with van der Waals surface area (Å²) in [7, 11) is 0. The molecule has 0 aliphatic rings. The number of urea groups is 1. The van der Waals surface area contributed by atoms with Gasteiger partial charge in [0.05, 0.1) is 0 Å². The number of nitrogens with one attached hydrogen (secondary N) is 3. The highest BCUT2D eigenvalue weighted by Crippen LogP contribution is 2.17. The van der Waals surface area contributed by atoms with Gasteiger partial charge in [0, 0.05) is 29.5 Å². The van der Waals surface area contributed by atoms with E-state index in [0.717, 1.165) is 0 Å². The molecule has 7 heteroatoms. The molecule has 4 amide bonds. The first-order valence-electron chi connectivity index (χ1n) is 6.79. The van der Waals surface area contributed by atoms with Crippen molar-refractivity contribution in [2.24, 2.45) is 5.73 Å². The molecule has 7 nitrogen and oxygen atoms in total. The minimum absolute atomic E-state index is 0.215. The van der Waals surface area contributed by atoms with Gasteiger partial charge in [-0.15, -0.1) is 0 Å². The number of nitrogens with two attached hydrogens (primary N) is 1. The Morgan fingerprint density at radius 2 is 1.39 bits per heavy atom. The highest BCUT2D eigenvalue weighted by molar-refractivity contribution is 6.05. The summed E-state index contributed by atoms with van der Waals surface area (Å²) in [5.74, 6) is -0.554. The molecule has 5 N–H and O–H groups in total. The molecule has 23 heavy (non-hydrogen) atoms. The summed E-state index contributed by atoms with van der Waals surface area (Å²) in [5.41, 5.74) is 6.96. The normalized spacial score (nSPS) is 9.78. The molecule has 0 unspecified atom stereocenters. The second-order valence-electron chi connectivity index (χ2n) is 4.79. The molecule has 0 aromatic heterocycles. The Morgan fingerprint density at radius 3 is 2.00 bits per heavy atom. The second-order valence-corrected chi connectivity index (χ2v) is 4.79. The maximum atomic E-state index is 12.2. The zero-order chi connectivity index (χ0) is 16.8. The third-order valence-corrected chi connectivity index (χ3v) is 2.83. The van der Waals surface area contributed by atoms with E-state index in [9.17, 15) is 14.4 Å². The molecule has 0 fully saturated rings. The van der Waals surface area contributed by atoms with Crippen molar-refractivity contribution in [1.29, 1.82) is 0 Å². The lowest BCUT2D eigenvalue weighted by Gasteiger charge is -2.09. The fourth-order valence-electron chi connectivity index (χ4n) is 1.96. The summed E-state index contributed by atoms with van der Waals surface area (Å²) >= 11 is 0. The number of hydrogen-bond acceptors (Lipinski definition) is 3. The van der Waals surface area contributed by atoms with Gasteiger partial charge in [-0.2, -0.15) is 0 Å². The van der Waals surface area contributed by atoms with Crippen molar-refractivity contribution in [2.45, 2.75) is 6.92 Å². The molecule has 0 atom stereocenters. The third kappa shape index (κ3) is 4.85. The van der Waals surface area contributed by atoms with Crippen LogP contribution < -0.4 is 21.7 Å². The van der Waals surface area contributed by atoms with Crippen molar-refractivity contribution in [3.63, 3.8) is 0 Å². The van der Waals surface area contributed by atoms with Crippen LogP contribution in [0.5, 0.6) is 0 Å². The average molecular weight is 312 g/mol. The summed E-state index contributed by atoms with van der Waals surface area (Å²) in [6.45, 7) is 1.39. The van der Waals surface area contributed by atoms with Gasteiger partial charge < -0.3 is 21.7 Å². The van der Waals surface area contributed by atoms with Crippen LogP contribution >= 0.6 is 0 Å². The largest absolute Gasteiger partial charge is 0.351 e. The van der Waals surface area contributed by atoms with E-state index in [2.05, 4.69) is 16.0 Å². The van der Waals surface area contributed by atoms with Crippen molar-refractivity contribution in [1.82, 2.24) is 0 Å². The standard InChI is InChI=1S/C16H16N4O3/c1-10(21)18-12-5-2-4-11(8-12)15(22)19-13-6-3-7-14(9-13)20-16(17)23/h2-9H,1H3,(H,18,21)(H,19,22)(H3,17,20,23). The van der Waals surface area contributed by atoms with Crippen LogP contribution in [0.15, 0.2) is 48.5 Å². The molecule has 0 bridgehead atoms. The molecular weight excluding hydrogens is 296 g/mol. The number of primary amides is 1. The van der Waals surface area contributed by atoms with Gasteiger partial charge in [0.1, 0.15) is 0 Å². The van der Waals surface area contributed by atoms with Gasteiger partial charge >= 0.3 is 6.03 Å². The number of rotatable bonds is 4. The van der Waals surface area contributed by atoms with Crippen LogP contribution in [0.25, 0.3) is 0 Å². The zero-order valence-electron chi connectivity index (χ0n) is 12.4. The van der Waals surface area contributed by atoms with Crippen LogP contribution in [0.3, 0.4) is 0 Å². The Kier molecular flexibility index (Phi) is 4.93. The number of benzene rings is 2. The molecule has 0 aliphatic heterocycles. The van der Waals surface area contributed by atoms with Crippen molar-refractivity contribution >= 4 is 34.9 Å². The van der Waals surface area contributed by atoms with E-state index in [0.29, 0.717) is 22.6 Å². The Labute approximate surface area is 132 Å². The molecule has 0 heterocycles. The summed E-state index contributed by atoms with van der Waals surface area (Å²) in [5, 5.41) is 7.75. The van der Waals surface area contributed by atoms with Gasteiger partial charge in [0.2, 0.25) is 5.91 Å². The number of carbonyl (C=O) groups is 3. The first kappa shape index (κ1) is 16.0. The number of hydrogen-bond donors (Lipinski definition) is 4. The fraction of sp³-hybridized carbons (Fsp3) is 0.0625. The number of amides is 4. The molecule has 0 spiro atoms. The van der Waals surface area contributed by atoms with Crippen molar-refractivity contribution in [2.75, 3.05) is 16.0 Å². The molecule has 0 aliphatic carbocycles. The molecule has 118 valence electrons. The molecule has 0 saturated carbocycles. The summed E-state index contributed by atoms with van der Waals surface area (Å²) in [4.78, 5) is 34.1. The molecule has 2 rings (SSSR count). The maximum Gasteiger partial charge on any atom is 0.316 e. The van der Waals surface area contributed by atoms with E-state index in [1.807, 2.05) is 0 Å². The Hall–Kier alpha value is -3.35. The van der Waals surface area contributed by atoms with Gasteiger partial charge in [0.25, 0.3) is 5.91 Å². The maximum absolute atomic E-state index is 12.2. The number of carbonyl (C=O) groups excluding carboxylic acids is 3. The van der Waals surface area contributed by atoms with Gasteiger partial charge in [-0.1, -0.05) is 12.1 Å². The highest BCUT2D eigenvalue weighted by atomic mass is 16.2. The second kappa shape index (κ2) is 7.08. The van der Waals surface area contributed by atoms with Crippen molar-refractivity contribution in [3.8, 4) is 0 Å². The predicted molar refractivity (Wildman–Crippen MR) is 88.3 cm³/mol. The topological polar surface area (TPSA) is 113 Å². The van der Waals surface area contributed by atoms with E-state index in [-0.39, 0.29) is 11.8 Å². The third-order valence-electron chi connectivity index (χ3n) is 2.83. The Morgan fingerprint density at radius 1 is 0.826 bits per heavy atom. The minimum atomic E-state index is -0.684. The zero-order valence-corrected chi connectivity index (χ0v) is 12.4. The van der Waals surface area contributed by atoms with E-state index >= 15 is 0 Å². The van der Waals surface area contributed by atoms with Crippen LogP contribution in [0.4, 0.5) is 21.9 Å². The monoisotopic (exact) mass is 312 g/mol. The smallest absolute Gasteiger partial charge is 0.316 e. The SMILES string of the molecule is CC(=O)Nc1cccc(C(=O)Nc2cccc(NC(N)=O)c2)c1. The Balaban J connectivity index is 2.12. The fourth-order valence-corrected chi connectivity index (χ4v) is 1.96. The summed E-state index contributed by atoms with van der Waals surface area (Å²) in [6, 6.07) is 12.5. The van der Waals surface area contributed by atoms with Crippen LogP contribution in [0.2, 0.25) is 0 Å². The van der Waals surface area contributed by atoms with Crippen molar-refractivity contribution < 1.29 is 14.4 Å². The minimum Gasteiger partial charge on any atom is -0.351 e. The van der Waals surface area contributed by atoms with E-state index in [1.54, 1.807) is 48.5 Å². The van der Waals surface area contributed by atoms with Crippen LogP contribution in [-0.2, 0) is 4.79 Å². The lowest BCUT2D eigenvalue weighted by molar-refractivity contribution is -0.114. The van der Waals surface area contributed by atoms with Gasteiger partial charge in [-0.3, -0.25) is 9.59 Å². The average Bonchev–Trinajstić information content (AvgIpc) is 2.46. The van der Waals surface area contributed by atoms with Gasteiger partial charge in [0.15, 0.2) is 0 Å². The summed E-state index contributed by atoms with van der Waals surface area (Å²) < 4.78 is 0. The van der Waals surface area contributed by atoms with Gasteiger partial charge in [-0.25, -0.2) is 4.79 Å². The predicted octanol–water partition coefficient (Wildman–Crippen LogP) is 2.39. The van der Waals surface area contributed by atoms with E-state index < -0.39 is 6.03 Å². The molecule has 0 radical (unpaired) electrons. The lowest BCUT2D eigenvalue weighted by atomic mass is 10.1. The van der Waals surface area contributed by atoms with Crippen molar-refractivity contribution in [3.05, 3.63) is 54.1 Å². The Bertz CT molecular complexity index is 758. The van der Waals surface area contributed by atoms with Crippen LogP contribution in [-0.4, -0.2) is 17.8 Å². The first-order chi connectivity index (χ1) is 10.9. The highest BCUT2D eigenvalue weighted by Gasteiger charge is 2.08.